The number of aryl methyl sites for hydroxylation is 2. The fourth-order valence-electron chi connectivity index (χ4n) is 4.09. The van der Waals surface area contributed by atoms with E-state index in [0.29, 0.717) is 32.9 Å². The van der Waals surface area contributed by atoms with E-state index in [1.807, 2.05) is 45.2 Å². The topological polar surface area (TPSA) is 112 Å². The van der Waals surface area contributed by atoms with Gasteiger partial charge in [-0.3, -0.25) is 19.6 Å². The Labute approximate surface area is 222 Å². The molecule has 0 aliphatic carbocycles. The number of halogens is 1. The first kappa shape index (κ1) is 24.9. The number of fused-ring (bicyclic) bond motifs is 1. The quantitative estimate of drug-likeness (QED) is 0.191. The number of nitrogens with zero attached hydrogens (tertiary/aromatic N) is 4. The standard InChI is InChI=1S/C28H22ClN5O4/c1-16-10-20(8-9-25(16)29)38-21-12-18(11-19(13-21)34(36)37)31-28(35)23-14-27(24-15-30-33(3)17(24)2)32-26-7-5-4-6-22(23)26/h4-15H,1-3H3,(H,31,35). The number of amides is 1. The molecule has 38 heavy (non-hydrogen) atoms. The van der Waals surface area contributed by atoms with Crippen molar-refractivity contribution in [2.24, 2.45) is 7.05 Å². The molecule has 3 aromatic carbocycles. The van der Waals surface area contributed by atoms with Gasteiger partial charge in [-0.25, -0.2) is 4.98 Å². The summed E-state index contributed by atoms with van der Waals surface area (Å²) in [5, 5.41) is 19.9. The summed E-state index contributed by atoms with van der Waals surface area (Å²) in [6, 6.07) is 18.2. The summed E-state index contributed by atoms with van der Waals surface area (Å²) >= 11 is 6.09. The third kappa shape index (κ3) is 4.91. The van der Waals surface area contributed by atoms with E-state index in [9.17, 15) is 14.9 Å². The van der Waals surface area contributed by atoms with Gasteiger partial charge in [-0.1, -0.05) is 29.8 Å². The monoisotopic (exact) mass is 527 g/mol. The van der Waals surface area contributed by atoms with Crippen LogP contribution in [-0.4, -0.2) is 25.6 Å². The Bertz CT molecular complexity index is 1730. The maximum atomic E-state index is 13.5. The molecule has 1 N–H and O–H groups in total. The molecule has 0 unspecified atom stereocenters. The molecule has 9 nitrogen and oxygen atoms in total. The van der Waals surface area contributed by atoms with Gasteiger partial charge in [-0.05, 0) is 49.7 Å². The molecular formula is C28H22ClN5O4. The largest absolute Gasteiger partial charge is 0.457 e. The first-order chi connectivity index (χ1) is 18.2. The van der Waals surface area contributed by atoms with Gasteiger partial charge in [0, 0.05) is 40.8 Å². The Hall–Kier alpha value is -4.76. The highest BCUT2D eigenvalue weighted by molar-refractivity contribution is 6.31. The minimum absolute atomic E-state index is 0.197. The predicted octanol–water partition coefficient (Wildman–Crippen LogP) is 6.86. The molecule has 1 amide bonds. The maximum Gasteiger partial charge on any atom is 0.275 e. The fraction of sp³-hybridized carbons (Fsp3) is 0.107. The lowest BCUT2D eigenvalue weighted by Gasteiger charge is -2.12. The Kier molecular flexibility index (Phi) is 6.52. The van der Waals surface area contributed by atoms with Crippen molar-refractivity contribution in [2.45, 2.75) is 13.8 Å². The zero-order chi connectivity index (χ0) is 27.0. The van der Waals surface area contributed by atoms with Crippen LogP contribution in [-0.2, 0) is 7.05 Å². The van der Waals surface area contributed by atoms with Gasteiger partial charge in [0.2, 0.25) is 0 Å². The maximum absolute atomic E-state index is 13.5. The average Bonchev–Trinajstić information content (AvgIpc) is 3.23. The second-order valence-corrected chi connectivity index (χ2v) is 9.19. The van der Waals surface area contributed by atoms with Crippen LogP contribution in [0.1, 0.15) is 21.6 Å². The van der Waals surface area contributed by atoms with Crippen LogP contribution in [0.2, 0.25) is 5.02 Å². The van der Waals surface area contributed by atoms with Crippen molar-refractivity contribution in [3.05, 3.63) is 105 Å². The lowest BCUT2D eigenvalue weighted by molar-refractivity contribution is -0.384. The Morgan fingerprint density at radius 1 is 1.05 bits per heavy atom. The summed E-state index contributed by atoms with van der Waals surface area (Å²) in [5.74, 6) is 0.212. The van der Waals surface area contributed by atoms with E-state index in [-0.39, 0.29) is 17.1 Å². The molecule has 2 aromatic heterocycles. The number of hydrogen-bond acceptors (Lipinski definition) is 6. The summed E-state index contributed by atoms with van der Waals surface area (Å²) in [6.45, 7) is 3.75. The number of nitro groups is 1. The molecular weight excluding hydrogens is 506 g/mol. The molecule has 5 aromatic rings. The molecule has 190 valence electrons. The highest BCUT2D eigenvalue weighted by Crippen LogP contribution is 2.32. The number of hydrogen-bond donors (Lipinski definition) is 1. The number of rotatable bonds is 6. The molecule has 10 heteroatoms. The number of pyridine rings is 1. The Morgan fingerprint density at radius 3 is 2.55 bits per heavy atom. The zero-order valence-corrected chi connectivity index (χ0v) is 21.5. The minimum Gasteiger partial charge on any atom is -0.457 e. The van der Waals surface area contributed by atoms with E-state index in [2.05, 4.69) is 10.4 Å². The van der Waals surface area contributed by atoms with Crippen LogP contribution < -0.4 is 10.1 Å². The molecule has 0 saturated carbocycles. The van der Waals surface area contributed by atoms with Gasteiger partial charge in [-0.2, -0.15) is 5.10 Å². The number of aromatic nitrogens is 3. The van der Waals surface area contributed by atoms with Gasteiger partial charge in [0.1, 0.15) is 11.5 Å². The summed E-state index contributed by atoms with van der Waals surface area (Å²) in [4.78, 5) is 29.4. The number of nitrogens with one attached hydrogen (secondary N) is 1. The van der Waals surface area contributed by atoms with Crippen molar-refractivity contribution in [3.63, 3.8) is 0 Å². The van der Waals surface area contributed by atoms with Crippen LogP contribution in [0.25, 0.3) is 22.2 Å². The van der Waals surface area contributed by atoms with Crippen LogP contribution in [0.15, 0.2) is 72.9 Å². The van der Waals surface area contributed by atoms with Gasteiger partial charge in [0.15, 0.2) is 0 Å². The summed E-state index contributed by atoms with van der Waals surface area (Å²) in [7, 11) is 1.83. The number of para-hydroxylation sites is 1. The molecule has 0 aliphatic heterocycles. The van der Waals surface area contributed by atoms with Crippen molar-refractivity contribution in [1.82, 2.24) is 14.8 Å². The van der Waals surface area contributed by atoms with Gasteiger partial charge < -0.3 is 10.1 Å². The molecule has 0 fully saturated rings. The average molecular weight is 528 g/mol. The second-order valence-electron chi connectivity index (χ2n) is 8.78. The number of nitro benzene ring substituents is 1. The number of ether oxygens (including phenoxy) is 1. The summed E-state index contributed by atoms with van der Waals surface area (Å²) in [5.41, 5.74) is 4.09. The zero-order valence-electron chi connectivity index (χ0n) is 20.7. The van der Waals surface area contributed by atoms with Gasteiger partial charge in [0.25, 0.3) is 11.6 Å². The summed E-state index contributed by atoms with van der Waals surface area (Å²) < 4.78 is 7.60. The van der Waals surface area contributed by atoms with Crippen LogP contribution >= 0.6 is 11.6 Å². The van der Waals surface area contributed by atoms with E-state index in [0.717, 1.165) is 16.8 Å². The normalized spacial score (nSPS) is 10.9. The molecule has 0 aliphatic rings. The van der Waals surface area contributed by atoms with E-state index < -0.39 is 10.8 Å². The molecule has 0 spiro atoms. The summed E-state index contributed by atoms with van der Waals surface area (Å²) in [6.07, 6.45) is 1.71. The van der Waals surface area contributed by atoms with Crippen molar-refractivity contribution in [2.75, 3.05) is 5.32 Å². The van der Waals surface area contributed by atoms with Crippen molar-refractivity contribution in [1.29, 1.82) is 0 Å². The number of non-ortho nitro benzene ring substituents is 1. The Morgan fingerprint density at radius 2 is 1.84 bits per heavy atom. The van der Waals surface area contributed by atoms with Crippen LogP contribution in [0.3, 0.4) is 0 Å². The second kappa shape index (κ2) is 9.95. The first-order valence-corrected chi connectivity index (χ1v) is 12.0. The molecule has 0 saturated heterocycles. The van der Waals surface area contributed by atoms with E-state index >= 15 is 0 Å². The molecule has 0 radical (unpaired) electrons. The predicted molar refractivity (Wildman–Crippen MR) is 146 cm³/mol. The highest BCUT2D eigenvalue weighted by atomic mass is 35.5. The lowest BCUT2D eigenvalue weighted by atomic mass is 10.0. The van der Waals surface area contributed by atoms with Gasteiger partial charge >= 0.3 is 0 Å². The third-order valence-corrected chi connectivity index (χ3v) is 6.62. The molecule has 0 atom stereocenters. The lowest BCUT2D eigenvalue weighted by Crippen LogP contribution is -2.13. The number of benzene rings is 3. The van der Waals surface area contributed by atoms with Gasteiger partial charge in [0.05, 0.1) is 39.6 Å². The van der Waals surface area contributed by atoms with E-state index in [4.69, 9.17) is 21.3 Å². The van der Waals surface area contributed by atoms with Crippen molar-refractivity contribution in [3.8, 4) is 22.8 Å². The number of anilines is 1. The smallest absolute Gasteiger partial charge is 0.275 e. The van der Waals surface area contributed by atoms with Crippen molar-refractivity contribution >= 4 is 39.8 Å². The van der Waals surface area contributed by atoms with Gasteiger partial charge in [-0.15, -0.1) is 0 Å². The third-order valence-electron chi connectivity index (χ3n) is 6.20. The minimum atomic E-state index is -0.541. The SMILES string of the molecule is Cc1cc(Oc2cc(NC(=O)c3cc(-c4cnn(C)c4C)nc4ccccc34)cc([N+](=O)[O-])c2)ccc1Cl. The molecule has 5 rings (SSSR count). The van der Waals surface area contributed by atoms with Crippen molar-refractivity contribution < 1.29 is 14.5 Å². The van der Waals surface area contributed by atoms with Crippen LogP contribution in [0.5, 0.6) is 11.5 Å². The first-order valence-electron chi connectivity index (χ1n) is 11.6. The molecule has 2 heterocycles. The highest BCUT2D eigenvalue weighted by Gasteiger charge is 2.19. The molecule has 0 bridgehead atoms. The fourth-order valence-corrected chi connectivity index (χ4v) is 4.20. The number of carbonyl (C=O) groups excluding carboxylic acids is 1. The number of carbonyl (C=O) groups is 1. The van der Waals surface area contributed by atoms with Crippen LogP contribution in [0.4, 0.5) is 11.4 Å². The Balaban J connectivity index is 1.53. The van der Waals surface area contributed by atoms with Crippen LogP contribution in [0, 0.1) is 24.0 Å². The van der Waals surface area contributed by atoms with E-state index in [1.54, 1.807) is 35.1 Å². The van der Waals surface area contributed by atoms with E-state index in [1.165, 1.54) is 18.2 Å².